The van der Waals surface area contributed by atoms with Gasteiger partial charge >= 0.3 is 0 Å². The Labute approximate surface area is 403 Å². The molecule has 0 saturated carbocycles. The number of aromatic nitrogens is 1. The van der Waals surface area contributed by atoms with Gasteiger partial charge in [0.05, 0.1) is 21.4 Å². The quantitative estimate of drug-likeness (QED) is 0.135. The summed E-state index contributed by atoms with van der Waals surface area (Å²) in [5.74, 6) is 1.08. The average Bonchev–Trinajstić information content (AvgIpc) is 4.09. The van der Waals surface area contributed by atoms with Gasteiger partial charge in [0, 0.05) is 66.7 Å². The second-order valence-corrected chi connectivity index (χ2v) is 18.0. The maximum absolute atomic E-state index is 6.49. The molecule has 334 valence electrons. The number of thiophene rings is 1. The van der Waals surface area contributed by atoms with Crippen LogP contribution in [0.15, 0.2) is 217 Å². The van der Waals surface area contributed by atoms with Gasteiger partial charge in [0.15, 0.2) is 0 Å². The number of para-hydroxylation sites is 1. The first-order valence-electron chi connectivity index (χ1n) is 24.1. The van der Waals surface area contributed by atoms with Crippen LogP contribution in [0, 0.1) is 0 Å². The van der Waals surface area contributed by atoms with Gasteiger partial charge in [-0.25, -0.2) is 0 Å². The number of hydrogen-bond donors (Lipinski definition) is 0. The highest BCUT2D eigenvalue weighted by Gasteiger charge is 2.21. The van der Waals surface area contributed by atoms with Crippen molar-refractivity contribution in [2.24, 2.45) is 0 Å². The molecule has 11 aromatic rings. The van der Waals surface area contributed by atoms with E-state index in [4.69, 9.17) is 4.42 Å². The maximum Gasteiger partial charge on any atom is 0.137 e. The number of aryl methyl sites for hydroxylation is 1. The molecule has 0 spiro atoms. The van der Waals surface area contributed by atoms with Crippen LogP contribution in [-0.4, -0.2) is 4.57 Å². The number of allylic oxidation sites excluding steroid dienone is 6. The van der Waals surface area contributed by atoms with E-state index in [0.29, 0.717) is 0 Å². The maximum atomic E-state index is 6.49. The van der Waals surface area contributed by atoms with Crippen LogP contribution in [-0.2, 0) is 6.42 Å². The molecule has 0 fully saturated rings. The monoisotopic (exact) mass is 900 g/mol. The molecule has 3 aromatic heterocycles. The predicted octanol–water partition coefficient (Wildman–Crippen LogP) is 19.6. The van der Waals surface area contributed by atoms with Crippen molar-refractivity contribution in [1.82, 2.24) is 4.57 Å². The molecular formula is C64H56N2OS. The lowest BCUT2D eigenvalue weighted by Gasteiger charge is -2.26. The Kier molecular flexibility index (Phi) is 12.8. The Hall–Kier alpha value is -7.66. The van der Waals surface area contributed by atoms with Crippen LogP contribution in [0.25, 0.3) is 86.6 Å². The molecule has 3 heterocycles. The third-order valence-electron chi connectivity index (χ3n) is 12.9. The van der Waals surface area contributed by atoms with E-state index < -0.39 is 0 Å². The largest absolute Gasteiger partial charge is 0.460 e. The van der Waals surface area contributed by atoms with Crippen LogP contribution in [0.3, 0.4) is 0 Å². The molecule has 4 heteroatoms. The lowest BCUT2D eigenvalue weighted by molar-refractivity contribution is 0.546. The molecule has 0 bridgehead atoms. The molecule has 3 nitrogen and oxygen atoms in total. The number of anilines is 3. The third kappa shape index (κ3) is 8.16. The number of hydrogen-bond acceptors (Lipinski definition) is 3. The van der Waals surface area contributed by atoms with E-state index in [-0.39, 0.29) is 0 Å². The van der Waals surface area contributed by atoms with E-state index in [9.17, 15) is 0 Å². The van der Waals surface area contributed by atoms with Gasteiger partial charge in [-0.15, -0.1) is 11.3 Å². The lowest BCUT2D eigenvalue weighted by atomic mass is 10.0. The molecule has 0 saturated heterocycles. The summed E-state index contributed by atoms with van der Waals surface area (Å²) in [4.78, 5) is 2.40. The van der Waals surface area contributed by atoms with E-state index in [0.717, 1.165) is 59.8 Å². The van der Waals surface area contributed by atoms with Gasteiger partial charge < -0.3 is 13.9 Å². The van der Waals surface area contributed by atoms with Crippen LogP contribution >= 0.6 is 11.3 Å². The Morgan fingerprint density at radius 1 is 0.662 bits per heavy atom. The molecule has 0 atom stereocenters. The molecule has 0 unspecified atom stereocenters. The summed E-state index contributed by atoms with van der Waals surface area (Å²) in [6, 6.07) is 62.1. The summed E-state index contributed by atoms with van der Waals surface area (Å²) >= 11 is 1.86. The van der Waals surface area contributed by atoms with E-state index in [1.807, 2.05) is 31.3 Å². The number of furan rings is 1. The number of benzene rings is 8. The normalized spacial score (nSPS) is 12.4. The molecule has 1 aliphatic carbocycles. The van der Waals surface area contributed by atoms with Crippen LogP contribution in [0.4, 0.5) is 17.1 Å². The smallest absolute Gasteiger partial charge is 0.137 e. The average molecular weight is 901 g/mol. The topological polar surface area (TPSA) is 21.3 Å². The zero-order valence-corrected chi connectivity index (χ0v) is 40.2. The second kappa shape index (κ2) is 19.7. The van der Waals surface area contributed by atoms with Gasteiger partial charge in [-0.3, -0.25) is 0 Å². The van der Waals surface area contributed by atoms with Crippen LogP contribution < -0.4 is 4.90 Å². The van der Waals surface area contributed by atoms with E-state index in [1.165, 1.54) is 80.4 Å². The highest BCUT2D eigenvalue weighted by atomic mass is 32.1. The Morgan fingerprint density at radius 2 is 1.37 bits per heavy atom. The summed E-state index contributed by atoms with van der Waals surface area (Å²) in [6.07, 6.45) is 16.9. The van der Waals surface area contributed by atoms with Crippen molar-refractivity contribution in [2.75, 3.05) is 4.90 Å². The van der Waals surface area contributed by atoms with Crippen molar-refractivity contribution in [2.45, 2.75) is 53.4 Å². The van der Waals surface area contributed by atoms with E-state index in [2.05, 4.69) is 230 Å². The van der Waals surface area contributed by atoms with Crippen molar-refractivity contribution in [3.63, 3.8) is 0 Å². The van der Waals surface area contributed by atoms with Gasteiger partial charge in [0.1, 0.15) is 11.3 Å². The van der Waals surface area contributed by atoms with Crippen LogP contribution in [0.5, 0.6) is 0 Å². The second-order valence-electron chi connectivity index (χ2n) is 16.9. The molecule has 1 aliphatic rings. The first-order valence-corrected chi connectivity index (χ1v) is 25.0. The van der Waals surface area contributed by atoms with Crippen molar-refractivity contribution < 1.29 is 4.42 Å². The number of rotatable bonds is 9. The summed E-state index contributed by atoms with van der Waals surface area (Å²) < 4.78 is 11.5. The first-order chi connectivity index (χ1) is 33.6. The predicted molar refractivity (Wildman–Crippen MR) is 298 cm³/mol. The number of fused-ring (bicyclic) bond motifs is 11. The van der Waals surface area contributed by atoms with E-state index in [1.54, 1.807) is 0 Å². The van der Waals surface area contributed by atoms with Crippen LogP contribution in [0.1, 0.15) is 58.3 Å². The zero-order chi connectivity index (χ0) is 46.6. The van der Waals surface area contributed by atoms with Gasteiger partial charge in [-0.2, -0.15) is 0 Å². The molecule has 0 amide bonds. The van der Waals surface area contributed by atoms with Gasteiger partial charge in [-0.1, -0.05) is 174 Å². The van der Waals surface area contributed by atoms with E-state index >= 15 is 0 Å². The Morgan fingerprint density at radius 3 is 2.15 bits per heavy atom. The minimum absolute atomic E-state index is 0.931. The molecule has 0 radical (unpaired) electrons. The fraction of sp³-hybridized carbons (Fsp3) is 0.125. The molecule has 0 aliphatic heterocycles. The molecule has 68 heavy (non-hydrogen) atoms. The molecule has 0 N–H and O–H groups in total. The Balaban J connectivity index is 0.000000403. The van der Waals surface area contributed by atoms with Crippen molar-refractivity contribution in [3.8, 4) is 16.8 Å². The SMILES string of the molecule is C1=Cc2c(oc3cc(N(c4ccc(-c5ccc(-n6c7ccccc7c7c8ccccc8ccc76)cc5)cc4)c4cccc5c4sc4ccccc45)ccc23)CC1.C=CC(/C=C\CC)=C/CC.CC. The number of nitrogens with zero attached hydrogens (tertiary/aromatic N) is 2. The minimum Gasteiger partial charge on any atom is -0.460 e. The summed E-state index contributed by atoms with van der Waals surface area (Å²) in [6.45, 7) is 12.0. The Bertz CT molecular complexity index is 3690. The van der Waals surface area contributed by atoms with Gasteiger partial charge in [-0.05, 0) is 107 Å². The summed E-state index contributed by atoms with van der Waals surface area (Å²) in [5.41, 5.74) is 12.7. The lowest BCUT2D eigenvalue weighted by Crippen LogP contribution is -2.10. The van der Waals surface area contributed by atoms with Gasteiger partial charge in [0.25, 0.3) is 0 Å². The van der Waals surface area contributed by atoms with Crippen molar-refractivity contribution in [3.05, 3.63) is 224 Å². The summed E-state index contributed by atoms with van der Waals surface area (Å²) in [7, 11) is 0. The standard InChI is InChI=1S/C52H34N2OS.C10H16.C2H6/c1-2-11-39-35(10-1)24-31-46-51(39)44-14-3-6-16-45(44)54(46)37-27-22-34(23-28-37)33-20-25-36(26-21-33)53(38-29-30-41-40-12-4-7-18-48(40)55-49(41)32-38)47-17-9-15-43-42-13-5-8-19-50(42)56-52(43)47;1-4-7-9-10(6-3)8-5-2;1-2/h1-6,8-17,19-32H,7,18H2;6-9H,3-5H2,1-2H3;1-2H3/b;9-7-,10-8-;. The van der Waals surface area contributed by atoms with Gasteiger partial charge in [0.2, 0.25) is 0 Å². The molecule has 8 aromatic carbocycles. The highest BCUT2D eigenvalue weighted by Crippen LogP contribution is 2.46. The molecular weight excluding hydrogens is 845 g/mol. The highest BCUT2D eigenvalue weighted by molar-refractivity contribution is 7.26. The summed E-state index contributed by atoms with van der Waals surface area (Å²) in [5, 5.41) is 8.87. The first kappa shape index (κ1) is 44.2. The zero-order valence-electron chi connectivity index (χ0n) is 39.4. The van der Waals surface area contributed by atoms with Crippen molar-refractivity contribution >= 4 is 98.2 Å². The third-order valence-corrected chi connectivity index (χ3v) is 14.1. The fourth-order valence-corrected chi connectivity index (χ4v) is 11.0. The van der Waals surface area contributed by atoms with Crippen LogP contribution in [0.2, 0.25) is 0 Å². The fourth-order valence-electron chi connectivity index (χ4n) is 9.75. The minimum atomic E-state index is 0.931. The van der Waals surface area contributed by atoms with Crippen molar-refractivity contribution in [1.29, 1.82) is 0 Å². The molecule has 12 rings (SSSR count).